The molecule has 0 aromatic heterocycles. The van der Waals surface area contributed by atoms with Gasteiger partial charge < -0.3 is 5.73 Å². The molecule has 102 valence electrons. The minimum atomic E-state index is 0.396. The van der Waals surface area contributed by atoms with Crippen LogP contribution in [0.25, 0.3) is 0 Å². The summed E-state index contributed by atoms with van der Waals surface area (Å²) < 4.78 is 0. The van der Waals surface area contributed by atoms with Crippen molar-refractivity contribution >= 4 is 11.6 Å². The predicted octanol–water partition coefficient (Wildman–Crippen LogP) is 3.71. The largest absolute Gasteiger partial charge is 0.330 e. The van der Waals surface area contributed by atoms with Gasteiger partial charge in [-0.2, -0.15) is 0 Å². The maximum atomic E-state index is 5.91. The fourth-order valence-corrected chi connectivity index (χ4v) is 2.38. The third-order valence-corrected chi connectivity index (χ3v) is 3.84. The maximum absolute atomic E-state index is 5.91. The number of benzene rings is 1. The molecule has 1 aromatic rings. The minimum absolute atomic E-state index is 0.396. The molecule has 1 rings (SSSR count). The van der Waals surface area contributed by atoms with Crippen molar-refractivity contribution in [3.63, 3.8) is 0 Å². The van der Waals surface area contributed by atoms with E-state index < -0.39 is 0 Å². The Hall–Kier alpha value is -0.570. The van der Waals surface area contributed by atoms with Crippen LogP contribution in [0.1, 0.15) is 38.3 Å². The Kier molecular flexibility index (Phi) is 6.69. The zero-order chi connectivity index (χ0) is 13.5. The standard InChI is InChI=1S/C15H25ClN2/c1-4-5-13(10-17)11-18(3)12(2)14-6-8-15(16)9-7-14/h6-9,12-13H,4-5,10-11,17H2,1-3H3. The lowest BCUT2D eigenvalue weighted by Crippen LogP contribution is -2.32. The van der Waals surface area contributed by atoms with Crippen LogP contribution in [0.5, 0.6) is 0 Å². The molecule has 1 aromatic carbocycles. The summed E-state index contributed by atoms with van der Waals surface area (Å²) in [5.41, 5.74) is 7.12. The van der Waals surface area contributed by atoms with Crippen LogP contribution in [0.15, 0.2) is 24.3 Å². The second-order valence-electron chi connectivity index (χ2n) is 5.06. The summed E-state index contributed by atoms with van der Waals surface area (Å²) in [6, 6.07) is 8.50. The van der Waals surface area contributed by atoms with Crippen molar-refractivity contribution < 1.29 is 0 Å². The molecule has 2 atom stereocenters. The molecule has 0 spiro atoms. The molecule has 2 nitrogen and oxygen atoms in total. The van der Waals surface area contributed by atoms with E-state index in [9.17, 15) is 0 Å². The Labute approximate surface area is 116 Å². The van der Waals surface area contributed by atoms with Crippen LogP contribution in [0.3, 0.4) is 0 Å². The van der Waals surface area contributed by atoms with E-state index in [1.807, 2.05) is 12.1 Å². The van der Waals surface area contributed by atoms with Crippen LogP contribution in [-0.4, -0.2) is 25.0 Å². The molecule has 0 heterocycles. The van der Waals surface area contributed by atoms with Crippen molar-refractivity contribution in [2.75, 3.05) is 20.1 Å². The van der Waals surface area contributed by atoms with E-state index in [4.69, 9.17) is 17.3 Å². The topological polar surface area (TPSA) is 29.3 Å². The summed E-state index contributed by atoms with van der Waals surface area (Å²) in [6.45, 7) is 6.26. The molecular weight excluding hydrogens is 244 g/mol. The van der Waals surface area contributed by atoms with Gasteiger partial charge in [-0.3, -0.25) is 4.90 Å². The van der Waals surface area contributed by atoms with Gasteiger partial charge in [0.1, 0.15) is 0 Å². The van der Waals surface area contributed by atoms with Gasteiger partial charge in [0.2, 0.25) is 0 Å². The zero-order valence-electron chi connectivity index (χ0n) is 11.7. The SMILES string of the molecule is CCCC(CN)CN(C)C(C)c1ccc(Cl)cc1. The highest BCUT2D eigenvalue weighted by molar-refractivity contribution is 6.30. The summed E-state index contributed by atoms with van der Waals surface area (Å²) in [4.78, 5) is 2.37. The van der Waals surface area contributed by atoms with Crippen molar-refractivity contribution in [2.45, 2.75) is 32.7 Å². The monoisotopic (exact) mass is 268 g/mol. The molecule has 0 radical (unpaired) electrons. The van der Waals surface area contributed by atoms with Crippen molar-refractivity contribution in [3.05, 3.63) is 34.9 Å². The number of hydrogen-bond donors (Lipinski definition) is 1. The molecular formula is C15H25ClN2. The van der Waals surface area contributed by atoms with Gasteiger partial charge in [-0.05, 0) is 50.6 Å². The lowest BCUT2D eigenvalue weighted by Gasteiger charge is -2.29. The van der Waals surface area contributed by atoms with Crippen LogP contribution in [-0.2, 0) is 0 Å². The fourth-order valence-electron chi connectivity index (χ4n) is 2.25. The van der Waals surface area contributed by atoms with Crippen LogP contribution in [0.4, 0.5) is 0 Å². The summed E-state index contributed by atoms with van der Waals surface area (Å²) in [6.07, 6.45) is 2.40. The van der Waals surface area contributed by atoms with Crippen LogP contribution >= 0.6 is 11.6 Å². The first-order valence-electron chi connectivity index (χ1n) is 6.74. The van der Waals surface area contributed by atoms with Gasteiger partial charge >= 0.3 is 0 Å². The average Bonchev–Trinajstić information content (AvgIpc) is 2.38. The quantitative estimate of drug-likeness (QED) is 0.817. The van der Waals surface area contributed by atoms with E-state index in [1.165, 1.54) is 18.4 Å². The molecule has 0 aliphatic rings. The van der Waals surface area contributed by atoms with Gasteiger partial charge in [0.25, 0.3) is 0 Å². The Morgan fingerprint density at radius 3 is 2.39 bits per heavy atom. The first-order chi connectivity index (χ1) is 8.58. The highest BCUT2D eigenvalue weighted by Gasteiger charge is 2.15. The lowest BCUT2D eigenvalue weighted by molar-refractivity contribution is 0.216. The number of halogens is 1. The van der Waals surface area contributed by atoms with E-state index in [1.54, 1.807) is 0 Å². The van der Waals surface area contributed by atoms with Crippen LogP contribution in [0, 0.1) is 5.92 Å². The first-order valence-corrected chi connectivity index (χ1v) is 7.12. The Morgan fingerprint density at radius 2 is 1.89 bits per heavy atom. The van der Waals surface area contributed by atoms with E-state index >= 15 is 0 Å². The van der Waals surface area contributed by atoms with Crippen molar-refractivity contribution in [1.82, 2.24) is 4.90 Å². The predicted molar refractivity (Wildman–Crippen MR) is 79.9 cm³/mol. The third-order valence-electron chi connectivity index (χ3n) is 3.59. The van der Waals surface area contributed by atoms with Crippen LogP contribution in [0.2, 0.25) is 5.02 Å². The molecule has 0 aliphatic carbocycles. The Balaban J connectivity index is 2.59. The van der Waals surface area contributed by atoms with E-state index in [-0.39, 0.29) is 0 Å². The van der Waals surface area contributed by atoms with Gasteiger partial charge in [-0.1, -0.05) is 37.1 Å². The molecule has 3 heteroatoms. The summed E-state index contributed by atoms with van der Waals surface area (Å²) in [5, 5.41) is 0.791. The number of rotatable bonds is 7. The van der Waals surface area contributed by atoms with Crippen molar-refractivity contribution in [3.8, 4) is 0 Å². The molecule has 0 saturated carbocycles. The Morgan fingerprint density at radius 1 is 1.28 bits per heavy atom. The van der Waals surface area contributed by atoms with Gasteiger partial charge in [0, 0.05) is 17.6 Å². The minimum Gasteiger partial charge on any atom is -0.330 e. The molecule has 0 aliphatic heterocycles. The first kappa shape index (κ1) is 15.5. The van der Waals surface area contributed by atoms with Gasteiger partial charge in [-0.15, -0.1) is 0 Å². The smallest absolute Gasteiger partial charge is 0.0406 e. The fraction of sp³-hybridized carbons (Fsp3) is 0.600. The Bertz CT molecular complexity index is 337. The number of nitrogens with two attached hydrogens (primary N) is 1. The highest BCUT2D eigenvalue weighted by Crippen LogP contribution is 2.22. The molecule has 0 amide bonds. The van der Waals surface area contributed by atoms with E-state index in [0.717, 1.165) is 18.1 Å². The molecule has 0 fully saturated rings. The second kappa shape index (κ2) is 7.78. The molecule has 0 bridgehead atoms. The molecule has 2 N–H and O–H groups in total. The van der Waals surface area contributed by atoms with Crippen LogP contribution < -0.4 is 5.73 Å². The average molecular weight is 269 g/mol. The van der Waals surface area contributed by atoms with E-state index in [0.29, 0.717) is 12.0 Å². The lowest BCUT2D eigenvalue weighted by atomic mass is 10.0. The van der Waals surface area contributed by atoms with Gasteiger partial charge in [0.05, 0.1) is 0 Å². The number of nitrogens with zero attached hydrogens (tertiary/aromatic N) is 1. The number of hydrogen-bond acceptors (Lipinski definition) is 2. The van der Waals surface area contributed by atoms with Gasteiger partial charge in [-0.25, -0.2) is 0 Å². The van der Waals surface area contributed by atoms with Crippen molar-refractivity contribution in [2.24, 2.45) is 11.7 Å². The summed E-state index contributed by atoms with van der Waals surface area (Å²) >= 11 is 5.91. The molecule has 18 heavy (non-hydrogen) atoms. The third kappa shape index (κ3) is 4.60. The molecule has 0 saturated heterocycles. The summed E-state index contributed by atoms with van der Waals surface area (Å²) in [5.74, 6) is 0.592. The maximum Gasteiger partial charge on any atom is 0.0406 e. The normalized spacial score (nSPS) is 14.8. The zero-order valence-corrected chi connectivity index (χ0v) is 12.5. The molecule has 2 unspecified atom stereocenters. The van der Waals surface area contributed by atoms with Crippen molar-refractivity contribution in [1.29, 1.82) is 0 Å². The van der Waals surface area contributed by atoms with Gasteiger partial charge in [0.15, 0.2) is 0 Å². The highest BCUT2D eigenvalue weighted by atomic mass is 35.5. The summed E-state index contributed by atoms with van der Waals surface area (Å²) in [7, 11) is 2.16. The van der Waals surface area contributed by atoms with E-state index in [2.05, 4.69) is 37.9 Å². The second-order valence-corrected chi connectivity index (χ2v) is 5.49.